The van der Waals surface area contributed by atoms with E-state index in [1.807, 2.05) is 7.05 Å². The minimum atomic E-state index is 0.226. The van der Waals surface area contributed by atoms with E-state index >= 15 is 0 Å². The first-order chi connectivity index (χ1) is 5.48. The Hall–Kier alpha value is -0.0800. The molecule has 0 heterocycles. The molecule has 2 nitrogen and oxygen atoms in total. The van der Waals surface area contributed by atoms with Crippen molar-refractivity contribution in [3.05, 3.63) is 0 Å². The third-order valence-electron chi connectivity index (χ3n) is 1.94. The van der Waals surface area contributed by atoms with Crippen LogP contribution >= 0.6 is 0 Å². The standard InChI is InChI=1S/C10H24N2/c1-9(2)6-7-12-10(3,4)8-11-5/h9,11-12H,6-8H2,1-5H3. The molecule has 0 saturated carbocycles. The van der Waals surface area contributed by atoms with Crippen LogP contribution in [0.25, 0.3) is 0 Å². The lowest BCUT2D eigenvalue weighted by atomic mass is 10.0. The highest BCUT2D eigenvalue weighted by Crippen LogP contribution is 2.02. The summed E-state index contributed by atoms with van der Waals surface area (Å²) in [6, 6.07) is 0. The average Bonchev–Trinajstić information content (AvgIpc) is 1.85. The lowest BCUT2D eigenvalue weighted by Crippen LogP contribution is -2.47. The van der Waals surface area contributed by atoms with Gasteiger partial charge in [-0.05, 0) is 39.8 Å². The average molecular weight is 172 g/mol. The Bertz CT molecular complexity index is 108. The summed E-state index contributed by atoms with van der Waals surface area (Å²) in [7, 11) is 1.99. The Morgan fingerprint density at radius 1 is 1.25 bits per heavy atom. The van der Waals surface area contributed by atoms with E-state index in [-0.39, 0.29) is 5.54 Å². The highest BCUT2D eigenvalue weighted by molar-refractivity contribution is 4.79. The van der Waals surface area contributed by atoms with Gasteiger partial charge in [0, 0.05) is 12.1 Å². The molecule has 2 N–H and O–H groups in total. The number of hydrogen-bond acceptors (Lipinski definition) is 2. The molecular weight excluding hydrogens is 148 g/mol. The van der Waals surface area contributed by atoms with Crippen LogP contribution in [0.1, 0.15) is 34.1 Å². The van der Waals surface area contributed by atoms with Crippen LogP contribution in [0.5, 0.6) is 0 Å². The van der Waals surface area contributed by atoms with E-state index in [9.17, 15) is 0 Å². The van der Waals surface area contributed by atoms with Gasteiger partial charge >= 0.3 is 0 Å². The van der Waals surface area contributed by atoms with Gasteiger partial charge in [0.2, 0.25) is 0 Å². The predicted molar refractivity (Wildman–Crippen MR) is 55.5 cm³/mol. The van der Waals surface area contributed by atoms with Gasteiger partial charge < -0.3 is 10.6 Å². The third-order valence-corrected chi connectivity index (χ3v) is 1.94. The molecule has 12 heavy (non-hydrogen) atoms. The molecule has 0 spiro atoms. The van der Waals surface area contributed by atoms with Gasteiger partial charge in [-0.3, -0.25) is 0 Å². The molecule has 0 unspecified atom stereocenters. The Morgan fingerprint density at radius 3 is 2.25 bits per heavy atom. The normalized spacial score (nSPS) is 12.5. The molecule has 2 heteroatoms. The first-order valence-electron chi connectivity index (χ1n) is 4.87. The molecule has 0 aliphatic rings. The van der Waals surface area contributed by atoms with Crippen molar-refractivity contribution < 1.29 is 0 Å². The van der Waals surface area contributed by atoms with Crippen molar-refractivity contribution in [1.82, 2.24) is 10.6 Å². The van der Waals surface area contributed by atoms with Gasteiger partial charge in [0.05, 0.1) is 0 Å². The summed E-state index contributed by atoms with van der Waals surface area (Å²) < 4.78 is 0. The number of hydrogen-bond donors (Lipinski definition) is 2. The first kappa shape index (κ1) is 11.9. The highest BCUT2D eigenvalue weighted by atomic mass is 15.0. The van der Waals surface area contributed by atoms with Crippen LogP contribution in [0.15, 0.2) is 0 Å². The molecule has 0 fully saturated rings. The summed E-state index contributed by atoms with van der Waals surface area (Å²) in [6.07, 6.45) is 1.26. The second kappa shape index (κ2) is 5.55. The Balaban J connectivity index is 3.46. The lowest BCUT2D eigenvalue weighted by molar-refractivity contribution is 0.362. The van der Waals surface area contributed by atoms with Gasteiger partial charge in [0.1, 0.15) is 0 Å². The van der Waals surface area contributed by atoms with Crippen LogP contribution in [0.2, 0.25) is 0 Å². The lowest BCUT2D eigenvalue weighted by Gasteiger charge is -2.26. The van der Waals surface area contributed by atoms with E-state index in [0.717, 1.165) is 19.0 Å². The van der Waals surface area contributed by atoms with Crippen LogP contribution in [-0.4, -0.2) is 25.7 Å². The monoisotopic (exact) mass is 172 g/mol. The molecule has 0 rings (SSSR count). The quantitative estimate of drug-likeness (QED) is 0.636. The molecule has 0 bridgehead atoms. The molecular formula is C10H24N2. The zero-order valence-corrected chi connectivity index (χ0v) is 9.20. The Kier molecular flexibility index (Phi) is 5.51. The number of nitrogens with one attached hydrogen (secondary N) is 2. The second-order valence-electron chi connectivity index (χ2n) is 4.52. The zero-order chi connectivity index (χ0) is 9.61. The van der Waals surface area contributed by atoms with Crippen molar-refractivity contribution in [2.45, 2.75) is 39.7 Å². The van der Waals surface area contributed by atoms with Crippen LogP contribution in [0.3, 0.4) is 0 Å². The molecule has 0 radical (unpaired) electrons. The summed E-state index contributed by atoms with van der Waals surface area (Å²) in [4.78, 5) is 0. The summed E-state index contributed by atoms with van der Waals surface area (Å²) in [6.45, 7) is 11.1. The van der Waals surface area contributed by atoms with Gasteiger partial charge in [0.15, 0.2) is 0 Å². The van der Waals surface area contributed by atoms with Gasteiger partial charge in [-0.25, -0.2) is 0 Å². The molecule has 0 amide bonds. The summed E-state index contributed by atoms with van der Waals surface area (Å²) in [5.41, 5.74) is 0.226. The van der Waals surface area contributed by atoms with Crippen LogP contribution in [0, 0.1) is 5.92 Å². The maximum atomic E-state index is 3.53. The smallest absolute Gasteiger partial charge is 0.0249 e. The van der Waals surface area contributed by atoms with Crippen LogP contribution in [-0.2, 0) is 0 Å². The Labute approximate surface area is 77.1 Å². The fourth-order valence-electron chi connectivity index (χ4n) is 1.20. The zero-order valence-electron chi connectivity index (χ0n) is 9.20. The molecule has 0 saturated heterocycles. The van der Waals surface area contributed by atoms with E-state index in [4.69, 9.17) is 0 Å². The highest BCUT2D eigenvalue weighted by Gasteiger charge is 2.14. The fraction of sp³-hybridized carbons (Fsp3) is 1.00. The molecule has 0 aromatic carbocycles. The largest absolute Gasteiger partial charge is 0.318 e. The molecule has 0 aromatic rings. The van der Waals surface area contributed by atoms with Gasteiger partial charge in [-0.1, -0.05) is 13.8 Å². The maximum Gasteiger partial charge on any atom is 0.0249 e. The van der Waals surface area contributed by atoms with Crippen molar-refractivity contribution in [2.75, 3.05) is 20.1 Å². The molecule has 0 atom stereocenters. The SMILES string of the molecule is CNCC(C)(C)NCCC(C)C. The van der Waals surface area contributed by atoms with E-state index < -0.39 is 0 Å². The predicted octanol–water partition coefficient (Wildman–Crippen LogP) is 1.62. The Morgan fingerprint density at radius 2 is 1.83 bits per heavy atom. The fourth-order valence-corrected chi connectivity index (χ4v) is 1.20. The van der Waals surface area contributed by atoms with E-state index in [1.54, 1.807) is 0 Å². The minimum Gasteiger partial charge on any atom is -0.318 e. The molecule has 0 aromatic heterocycles. The number of rotatable bonds is 6. The van der Waals surface area contributed by atoms with Crippen molar-refractivity contribution in [3.8, 4) is 0 Å². The van der Waals surface area contributed by atoms with E-state index in [0.29, 0.717) is 0 Å². The maximum absolute atomic E-state index is 3.53. The van der Waals surface area contributed by atoms with E-state index in [2.05, 4.69) is 38.3 Å². The van der Waals surface area contributed by atoms with Crippen LogP contribution < -0.4 is 10.6 Å². The second-order valence-corrected chi connectivity index (χ2v) is 4.52. The molecule has 74 valence electrons. The van der Waals surface area contributed by atoms with E-state index in [1.165, 1.54) is 6.42 Å². The van der Waals surface area contributed by atoms with Gasteiger partial charge in [0.25, 0.3) is 0 Å². The summed E-state index contributed by atoms with van der Waals surface area (Å²) >= 11 is 0. The van der Waals surface area contributed by atoms with Crippen molar-refractivity contribution in [3.63, 3.8) is 0 Å². The summed E-state index contributed by atoms with van der Waals surface area (Å²) in [5, 5.41) is 6.71. The van der Waals surface area contributed by atoms with Crippen molar-refractivity contribution >= 4 is 0 Å². The van der Waals surface area contributed by atoms with Crippen molar-refractivity contribution in [1.29, 1.82) is 0 Å². The topological polar surface area (TPSA) is 24.1 Å². The molecule has 0 aliphatic carbocycles. The summed E-state index contributed by atoms with van der Waals surface area (Å²) in [5.74, 6) is 0.794. The van der Waals surface area contributed by atoms with Gasteiger partial charge in [-0.2, -0.15) is 0 Å². The van der Waals surface area contributed by atoms with Crippen molar-refractivity contribution in [2.24, 2.45) is 5.92 Å². The molecule has 0 aliphatic heterocycles. The number of likely N-dealkylation sites (N-methyl/N-ethyl adjacent to an activating group) is 1. The minimum absolute atomic E-state index is 0.226. The van der Waals surface area contributed by atoms with Crippen LogP contribution in [0.4, 0.5) is 0 Å². The third kappa shape index (κ3) is 6.62. The first-order valence-corrected chi connectivity index (χ1v) is 4.87. The van der Waals surface area contributed by atoms with Gasteiger partial charge in [-0.15, -0.1) is 0 Å².